The fourth-order valence-electron chi connectivity index (χ4n) is 3.74. The zero-order valence-electron chi connectivity index (χ0n) is 16.9. The van der Waals surface area contributed by atoms with Gasteiger partial charge in [0.05, 0.1) is 18.8 Å². The summed E-state index contributed by atoms with van der Waals surface area (Å²) in [6, 6.07) is 8.80. The maximum Gasteiger partial charge on any atom is 0.251 e. The van der Waals surface area contributed by atoms with Gasteiger partial charge in [-0.05, 0) is 18.6 Å². The van der Waals surface area contributed by atoms with Crippen LogP contribution in [0.4, 0.5) is 0 Å². The van der Waals surface area contributed by atoms with Gasteiger partial charge < -0.3 is 15.2 Å². The van der Waals surface area contributed by atoms with Crippen molar-refractivity contribution in [1.82, 2.24) is 5.32 Å². The third-order valence-electron chi connectivity index (χ3n) is 5.48. The molecule has 0 aliphatic carbocycles. The molecule has 1 saturated heterocycles. The summed E-state index contributed by atoms with van der Waals surface area (Å²) in [5.41, 5.74) is 0.614. The zero-order chi connectivity index (χ0) is 19.3. The maximum atomic E-state index is 12.2. The average Bonchev–Trinajstić information content (AvgIpc) is 3.03. The number of nitrogens with one attached hydrogen (secondary N) is 1. The lowest BCUT2D eigenvalue weighted by Crippen LogP contribution is -2.44. The molecular formula is C23H37NO3. The molecule has 2 rings (SSSR count). The summed E-state index contributed by atoms with van der Waals surface area (Å²) >= 11 is 0. The van der Waals surface area contributed by atoms with E-state index in [1.54, 1.807) is 12.1 Å². The maximum absolute atomic E-state index is 12.2. The molecular weight excluding hydrogens is 338 g/mol. The minimum atomic E-state index is -0.615. The Morgan fingerprint density at radius 1 is 1.00 bits per heavy atom. The van der Waals surface area contributed by atoms with Crippen LogP contribution in [0.2, 0.25) is 0 Å². The fourth-order valence-corrected chi connectivity index (χ4v) is 3.74. The molecule has 27 heavy (non-hydrogen) atoms. The van der Waals surface area contributed by atoms with Gasteiger partial charge in [-0.25, -0.2) is 0 Å². The Bertz CT molecular complexity index is 520. The molecule has 1 aliphatic rings. The molecule has 1 amide bonds. The second kappa shape index (κ2) is 12.9. The van der Waals surface area contributed by atoms with Crippen LogP contribution in [0.1, 0.15) is 87.9 Å². The van der Waals surface area contributed by atoms with Gasteiger partial charge in [0.15, 0.2) is 0 Å². The minimum Gasteiger partial charge on any atom is -0.388 e. The Labute approximate surface area is 164 Å². The highest BCUT2D eigenvalue weighted by atomic mass is 16.5. The smallest absolute Gasteiger partial charge is 0.251 e. The van der Waals surface area contributed by atoms with Gasteiger partial charge in [0, 0.05) is 5.56 Å². The summed E-state index contributed by atoms with van der Waals surface area (Å²) in [5, 5.41) is 13.3. The highest BCUT2D eigenvalue weighted by Gasteiger charge is 2.36. The fraction of sp³-hybridized carbons (Fsp3) is 0.696. The van der Waals surface area contributed by atoms with Gasteiger partial charge in [-0.2, -0.15) is 0 Å². The molecule has 4 nitrogen and oxygen atoms in total. The van der Waals surface area contributed by atoms with Gasteiger partial charge in [0.25, 0.3) is 5.91 Å². The number of carbonyl (C=O) groups is 1. The monoisotopic (exact) mass is 375 g/mol. The van der Waals surface area contributed by atoms with Gasteiger partial charge in [0.1, 0.15) is 6.10 Å². The minimum absolute atomic E-state index is 0.150. The molecule has 0 saturated carbocycles. The molecule has 0 bridgehead atoms. The van der Waals surface area contributed by atoms with Crippen LogP contribution in [0, 0.1) is 0 Å². The lowest BCUT2D eigenvalue weighted by Gasteiger charge is -2.18. The van der Waals surface area contributed by atoms with Crippen LogP contribution in [0.15, 0.2) is 30.3 Å². The lowest BCUT2D eigenvalue weighted by atomic mass is 10.0. The van der Waals surface area contributed by atoms with E-state index in [9.17, 15) is 9.90 Å². The summed E-state index contributed by atoms with van der Waals surface area (Å²) in [5.74, 6) is -0.150. The second-order valence-corrected chi connectivity index (χ2v) is 7.78. The second-order valence-electron chi connectivity index (χ2n) is 7.78. The first-order valence-electron chi connectivity index (χ1n) is 10.9. The van der Waals surface area contributed by atoms with Crippen molar-refractivity contribution in [3.05, 3.63) is 35.9 Å². The normalized spacial score (nSPS) is 22.1. The zero-order valence-corrected chi connectivity index (χ0v) is 16.9. The Kier molecular flexibility index (Phi) is 10.5. The predicted molar refractivity (Wildman–Crippen MR) is 110 cm³/mol. The van der Waals surface area contributed by atoms with Crippen molar-refractivity contribution >= 4 is 5.91 Å². The number of unbranched alkanes of at least 4 members (excludes halogenated alkanes) is 9. The van der Waals surface area contributed by atoms with Crippen molar-refractivity contribution in [2.45, 2.75) is 95.8 Å². The van der Waals surface area contributed by atoms with Gasteiger partial charge in [-0.1, -0.05) is 89.3 Å². The molecule has 1 heterocycles. The van der Waals surface area contributed by atoms with E-state index < -0.39 is 6.10 Å². The van der Waals surface area contributed by atoms with E-state index in [0.717, 1.165) is 12.8 Å². The SMILES string of the molecule is CCCCCCCCCCCC[C@H]1OC[C@H](NC(=O)c2ccccc2)[C@@H]1O. The van der Waals surface area contributed by atoms with Crippen LogP contribution >= 0.6 is 0 Å². The number of carbonyl (C=O) groups excluding carboxylic acids is 1. The third-order valence-corrected chi connectivity index (χ3v) is 5.48. The summed E-state index contributed by atoms with van der Waals surface area (Å²) in [6.07, 6.45) is 13.1. The molecule has 1 aliphatic heterocycles. The van der Waals surface area contributed by atoms with Crippen molar-refractivity contribution in [2.75, 3.05) is 6.61 Å². The van der Waals surface area contributed by atoms with E-state index in [4.69, 9.17) is 4.74 Å². The average molecular weight is 376 g/mol. The molecule has 3 atom stereocenters. The van der Waals surface area contributed by atoms with Gasteiger partial charge in [-0.15, -0.1) is 0 Å². The summed E-state index contributed by atoms with van der Waals surface area (Å²) in [6.45, 7) is 2.65. The quantitative estimate of drug-likeness (QED) is 0.484. The topological polar surface area (TPSA) is 58.6 Å². The molecule has 2 N–H and O–H groups in total. The van der Waals surface area contributed by atoms with Crippen molar-refractivity contribution in [3.63, 3.8) is 0 Å². The van der Waals surface area contributed by atoms with E-state index in [1.807, 2.05) is 18.2 Å². The number of hydrogen-bond acceptors (Lipinski definition) is 3. The first-order chi connectivity index (χ1) is 13.2. The Morgan fingerprint density at radius 2 is 1.59 bits per heavy atom. The van der Waals surface area contributed by atoms with Crippen LogP contribution in [0.3, 0.4) is 0 Å². The number of ether oxygens (including phenoxy) is 1. The molecule has 152 valence electrons. The Balaban J connectivity index is 1.54. The van der Waals surface area contributed by atoms with Crippen LogP contribution < -0.4 is 5.32 Å². The van der Waals surface area contributed by atoms with Gasteiger partial charge >= 0.3 is 0 Å². The van der Waals surface area contributed by atoms with E-state index in [-0.39, 0.29) is 18.1 Å². The molecule has 0 radical (unpaired) electrons. The molecule has 0 spiro atoms. The summed E-state index contributed by atoms with van der Waals surface area (Å²) in [7, 11) is 0. The molecule has 1 aromatic carbocycles. The van der Waals surface area contributed by atoms with E-state index in [1.165, 1.54) is 57.8 Å². The van der Waals surface area contributed by atoms with E-state index in [2.05, 4.69) is 12.2 Å². The van der Waals surface area contributed by atoms with E-state index in [0.29, 0.717) is 12.2 Å². The number of rotatable bonds is 13. The predicted octanol–water partition coefficient (Wildman–Crippen LogP) is 4.86. The number of aliphatic hydroxyl groups excluding tert-OH is 1. The summed E-state index contributed by atoms with van der Waals surface area (Å²) < 4.78 is 5.73. The largest absolute Gasteiger partial charge is 0.388 e. The van der Waals surface area contributed by atoms with Crippen molar-refractivity contribution in [2.24, 2.45) is 0 Å². The third kappa shape index (κ3) is 8.02. The number of aliphatic hydroxyl groups is 1. The molecule has 0 aromatic heterocycles. The van der Waals surface area contributed by atoms with Crippen molar-refractivity contribution in [1.29, 1.82) is 0 Å². The van der Waals surface area contributed by atoms with Gasteiger partial charge in [0.2, 0.25) is 0 Å². The number of benzene rings is 1. The van der Waals surface area contributed by atoms with Gasteiger partial charge in [-0.3, -0.25) is 4.79 Å². The van der Waals surface area contributed by atoms with Crippen LogP contribution in [0.25, 0.3) is 0 Å². The first-order valence-corrected chi connectivity index (χ1v) is 10.9. The van der Waals surface area contributed by atoms with Crippen molar-refractivity contribution < 1.29 is 14.6 Å². The first kappa shape index (κ1) is 21.9. The highest BCUT2D eigenvalue weighted by molar-refractivity contribution is 5.94. The van der Waals surface area contributed by atoms with Crippen LogP contribution in [-0.4, -0.2) is 35.9 Å². The molecule has 1 fully saturated rings. The number of amides is 1. The Morgan fingerprint density at radius 3 is 2.22 bits per heavy atom. The molecule has 1 aromatic rings. The lowest BCUT2D eigenvalue weighted by molar-refractivity contribution is 0.0333. The standard InChI is InChI=1S/C23H37NO3/c1-2-3-4-5-6-7-8-9-10-14-17-21-22(25)20(18-27-21)24-23(26)19-15-12-11-13-16-19/h11-13,15-16,20-22,25H,2-10,14,17-18H2,1H3,(H,24,26)/t20-,21+,22-/m0/s1. The molecule has 0 unspecified atom stereocenters. The summed E-state index contributed by atoms with van der Waals surface area (Å²) in [4.78, 5) is 12.2. The van der Waals surface area contributed by atoms with Crippen LogP contribution in [-0.2, 0) is 4.74 Å². The Hall–Kier alpha value is -1.39. The molecule has 4 heteroatoms. The van der Waals surface area contributed by atoms with Crippen LogP contribution in [0.5, 0.6) is 0 Å². The van der Waals surface area contributed by atoms with E-state index >= 15 is 0 Å². The highest BCUT2D eigenvalue weighted by Crippen LogP contribution is 2.21. The number of hydrogen-bond donors (Lipinski definition) is 2. The van der Waals surface area contributed by atoms with Crippen molar-refractivity contribution in [3.8, 4) is 0 Å².